The summed E-state index contributed by atoms with van der Waals surface area (Å²) >= 11 is 0. The zero-order chi connectivity index (χ0) is 13.4. The van der Waals surface area contributed by atoms with E-state index in [2.05, 4.69) is 13.8 Å². The molecule has 1 aromatic carbocycles. The first-order valence-electron chi connectivity index (χ1n) is 6.08. The highest BCUT2D eigenvalue weighted by Crippen LogP contribution is 2.17. The van der Waals surface area contributed by atoms with E-state index in [1.54, 1.807) is 9.36 Å². The third-order valence-electron chi connectivity index (χ3n) is 3.40. The lowest BCUT2D eigenvalue weighted by atomic mass is 10.0. The van der Waals surface area contributed by atoms with Crippen molar-refractivity contribution in [3.05, 3.63) is 45.9 Å². The lowest BCUT2D eigenvalue weighted by Crippen LogP contribution is -2.20. The molecule has 0 spiro atoms. The molecule has 4 heteroatoms. The van der Waals surface area contributed by atoms with Gasteiger partial charge in [-0.05, 0) is 30.5 Å². The van der Waals surface area contributed by atoms with Crippen LogP contribution in [0.3, 0.4) is 0 Å². The van der Waals surface area contributed by atoms with Crippen molar-refractivity contribution in [2.75, 3.05) is 5.73 Å². The predicted molar refractivity (Wildman–Crippen MR) is 74.2 cm³/mol. The average molecular weight is 245 g/mol. The molecule has 96 valence electrons. The van der Waals surface area contributed by atoms with Gasteiger partial charge >= 0.3 is 0 Å². The number of hydrogen-bond acceptors (Lipinski definition) is 2. The first-order chi connectivity index (χ1) is 8.43. The fourth-order valence-electron chi connectivity index (χ4n) is 2.02. The van der Waals surface area contributed by atoms with Crippen molar-refractivity contribution in [2.24, 2.45) is 7.05 Å². The van der Waals surface area contributed by atoms with E-state index in [9.17, 15) is 4.79 Å². The first kappa shape index (κ1) is 12.5. The van der Waals surface area contributed by atoms with Gasteiger partial charge in [0, 0.05) is 7.05 Å². The maximum Gasteiger partial charge on any atom is 0.294 e. The van der Waals surface area contributed by atoms with Crippen molar-refractivity contribution in [2.45, 2.75) is 26.7 Å². The number of nitrogen functional groups attached to an aromatic ring is 1. The van der Waals surface area contributed by atoms with Crippen LogP contribution in [0.15, 0.2) is 29.1 Å². The summed E-state index contributed by atoms with van der Waals surface area (Å²) in [5.74, 6) is 0.482. The predicted octanol–water partition coefficient (Wildman–Crippen LogP) is 2.19. The van der Waals surface area contributed by atoms with E-state index in [-0.39, 0.29) is 5.56 Å². The summed E-state index contributed by atoms with van der Waals surface area (Å²) in [6.45, 7) is 6.13. The normalized spacial score (nSPS) is 11.2. The second kappa shape index (κ2) is 4.37. The molecule has 0 bridgehead atoms. The molecule has 0 saturated carbocycles. The molecule has 18 heavy (non-hydrogen) atoms. The van der Waals surface area contributed by atoms with Gasteiger partial charge in [0.15, 0.2) is 0 Å². The zero-order valence-corrected chi connectivity index (χ0v) is 11.3. The largest absolute Gasteiger partial charge is 0.393 e. The molecule has 0 aliphatic carbocycles. The molecule has 0 amide bonds. The van der Waals surface area contributed by atoms with Gasteiger partial charge in [-0.3, -0.25) is 9.48 Å². The summed E-state index contributed by atoms with van der Waals surface area (Å²) < 4.78 is 3.37. The molecule has 0 saturated heterocycles. The third-order valence-corrected chi connectivity index (χ3v) is 3.40. The van der Waals surface area contributed by atoms with Crippen LogP contribution in [0.5, 0.6) is 0 Å². The molecule has 0 radical (unpaired) electrons. The van der Waals surface area contributed by atoms with E-state index in [1.165, 1.54) is 5.56 Å². The second-order valence-corrected chi connectivity index (χ2v) is 4.89. The topological polar surface area (TPSA) is 53.0 Å². The molecule has 0 aliphatic rings. The van der Waals surface area contributed by atoms with Gasteiger partial charge in [-0.15, -0.1) is 0 Å². The lowest BCUT2D eigenvalue weighted by Gasteiger charge is -2.10. The number of nitrogens with two attached hydrogens (primary N) is 1. The van der Waals surface area contributed by atoms with Crippen LogP contribution in [0.2, 0.25) is 0 Å². The van der Waals surface area contributed by atoms with Gasteiger partial charge in [-0.1, -0.05) is 26.0 Å². The van der Waals surface area contributed by atoms with Gasteiger partial charge < -0.3 is 5.73 Å². The highest BCUT2D eigenvalue weighted by atomic mass is 16.1. The maximum atomic E-state index is 12.0. The molecule has 4 nitrogen and oxygen atoms in total. The monoisotopic (exact) mass is 245 g/mol. The number of nitrogens with zero attached hydrogens (tertiary/aromatic N) is 2. The van der Waals surface area contributed by atoms with E-state index >= 15 is 0 Å². The van der Waals surface area contributed by atoms with Crippen molar-refractivity contribution in [3.8, 4) is 5.69 Å². The molecular formula is C14H19N3O. The molecule has 2 rings (SSSR count). The Morgan fingerprint density at radius 3 is 2.11 bits per heavy atom. The molecule has 0 atom stereocenters. The van der Waals surface area contributed by atoms with Gasteiger partial charge in [0.05, 0.1) is 11.4 Å². The minimum Gasteiger partial charge on any atom is -0.393 e. The Morgan fingerprint density at radius 1 is 1.17 bits per heavy atom. The van der Waals surface area contributed by atoms with Crippen LogP contribution in [0.1, 0.15) is 31.0 Å². The number of hydrogen-bond donors (Lipinski definition) is 1. The Bertz CT molecular complexity index is 618. The summed E-state index contributed by atoms with van der Waals surface area (Å²) in [6, 6.07) is 8.00. The van der Waals surface area contributed by atoms with Gasteiger partial charge in [-0.2, -0.15) is 0 Å². The van der Waals surface area contributed by atoms with Crippen LogP contribution >= 0.6 is 0 Å². The van der Waals surface area contributed by atoms with Crippen LogP contribution in [-0.2, 0) is 7.05 Å². The van der Waals surface area contributed by atoms with Crippen LogP contribution in [0.4, 0.5) is 5.69 Å². The van der Waals surface area contributed by atoms with Crippen LogP contribution in [0, 0.1) is 6.92 Å². The summed E-state index contributed by atoms with van der Waals surface area (Å²) in [5, 5.41) is 0. The molecule has 0 fully saturated rings. The molecule has 1 aromatic heterocycles. The lowest BCUT2D eigenvalue weighted by molar-refractivity contribution is 0.629. The molecule has 1 heterocycles. The number of aromatic nitrogens is 2. The van der Waals surface area contributed by atoms with Crippen molar-refractivity contribution in [3.63, 3.8) is 0 Å². The van der Waals surface area contributed by atoms with E-state index in [0.29, 0.717) is 11.6 Å². The standard InChI is InChI=1S/C14H19N3O/c1-9(2)11-5-7-12(8-6-11)17-14(18)13(15)10(3)16(17)4/h5-9H,15H2,1-4H3. The minimum absolute atomic E-state index is 0.160. The Hall–Kier alpha value is -1.97. The molecular weight excluding hydrogens is 226 g/mol. The van der Waals surface area contributed by atoms with Crippen LogP contribution in [-0.4, -0.2) is 9.36 Å². The van der Waals surface area contributed by atoms with Crippen molar-refractivity contribution in [1.29, 1.82) is 0 Å². The molecule has 2 N–H and O–H groups in total. The van der Waals surface area contributed by atoms with Crippen molar-refractivity contribution >= 4 is 5.69 Å². The third kappa shape index (κ3) is 1.83. The van der Waals surface area contributed by atoms with Crippen molar-refractivity contribution in [1.82, 2.24) is 9.36 Å². The Balaban J connectivity index is 2.56. The Kier molecular flexibility index (Phi) is 3.03. The highest BCUT2D eigenvalue weighted by Gasteiger charge is 2.13. The van der Waals surface area contributed by atoms with E-state index in [4.69, 9.17) is 5.73 Å². The van der Waals surface area contributed by atoms with E-state index < -0.39 is 0 Å². The Morgan fingerprint density at radius 2 is 1.72 bits per heavy atom. The van der Waals surface area contributed by atoms with Crippen LogP contribution in [0.25, 0.3) is 5.69 Å². The van der Waals surface area contributed by atoms with Gasteiger partial charge in [0.2, 0.25) is 0 Å². The first-order valence-corrected chi connectivity index (χ1v) is 6.08. The highest BCUT2D eigenvalue weighted by molar-refractivity contribution is 5.45. The maximum absolute atomic E-state index is 12.0. The van der Waals surface area contributed by atoms with E-state index in [1.807, 2.05) is 38.2 Å². The van der Waals surface area contributed by atoms with Gasteiger partial charge in [0.25, 0.3) is 5.56 Å². The van der Waals surface area contributed by atoms with Crippen LogP contribution < -0.4 is 11.3 Å². The van der Waals surface area contributed by atoms with E-state index in [0.717, 1.165) is 11.4 Å². The summed E-state index contributed by atoms with van der Waals surface area (Å²) in [5.41, 5.74) is 8.80. The fraction of sp³-hybridized carbons (Fsp3) is 0.357. The quantitative estimate of drug-likeness (QED) is 0.881. The summed E-state index contributed by atoms with van der Waals surface area (Å²) in [7, 11) is 1.84. The molecule has 0 aliphatic heterocycles. The molecule has 2 aromatic rings. The number of anilines is 1. The smallest absolute Gasteiger partial charge is 0.294 e. The van der Waals surface area contributed by atoms with Gasteiger partial charge in [-0.25, -0.2) is 4.68 Å². The number of benzene rings is 1. The SMILES string of the molecule is Cc1c(N)c(=O)n(-c2ccc(C(C)C)cc2)n1C. The Labute approximate surface area is 107 Å². The fourth-order valence-corrected chi connectivity index (χ4v) is 2.02. The average Bonchev–Trinajstić information content (AvgIpc) is 2.54. The van der Waals surface area contributed by atoms with Gasteiger partial charge in [0.1, 0.15) is 5.69 Å². The molecule has 0 unspecified atom stereocenters. The zero-order valence-electron chi connectivity index (χ0n) is 11.3. The number of rotatable bonds is 2. The summed E-state index contributed by atoms with van der Waals surface area (Å²) in [4.78, 5) is 12.0. The minimum atomic E-state index is -0.160. The second-order valence-electron chi connectivity index (χ2n) is 4.89. The summed E-state index contributed by atoms with van der Waals surface area (Å²) in [6.07, 6.45) is 0. The van der Waals surface area contributed by atoms with Crippen molar-refractivity contribution < 1.29 is 0 Å².